The number of nitrogens with one attached hydrogen (secondary N) is 4. The van der Waals surface area contributed by atoms with E-state index in [0.29, 0.717) is 19.6 Å². The van der Waals surface area contributed by atoms with Crippen LogP contribution in [0.2, 0.25) is 0 Å². The van der Waals surface area contributed by atoms with Gasteiger partial charge in [-0.05, 0) is 67.3 Å². The van der Waals surface area contributed by atoms with Crippen LogP contribution >= 0.6 is 0 Å². The molecule has 6 atom stereocenters. The summed E-state index contributed by atoms with van der Waals surface area (Å²) in [5.41, 5.74) is 5.49. The number of fused-ring (bicyclic) bond motifs is 2. The maximum atomic E-state index is 13.6. The van der Waals surface area contributed by atoms with Gasteiger partial charge in [-0.1, -0.05) is 45.9 Å². The Morgan fingerprint density at radius 1 is 0.875 bits per heavy atom. The van der Waals surface area contributed by atoms with Gasteiger partial charge < -0.3 is 35.1 Å². The number of methoxy groups -OCH3 is 2. The van der Waals surface area contributed by atoms with E-state index >= 15 is 0 Å². The molecule has 5 heterocycles. The van der Waals surface area contributed by atoms with Crippen molar-refractivity contribution in [2.75, 3.05) is 33.9 Å². The number of nitrogens with zero attached hydrogens (tertiary/aromatic N) is 5. The van der Waals surface area contributed by atoms with Gasteiger partial charge in [-0.2, -0.15) is 0 Å². The summed E-state index contributed by atoms with van der Waals surface area (Å²) in [6.45, 7) is 9.65. The Hall–Kier alpha value is -5.12. The number of amides is 3. The Labute approximate surface area is 326 Å². The van der Waals surface area contributed by atoms with Gasteiger partial charge in [-0.15, -0.1) is 0 Å². The van der Waals surface area contributed by atoms with Crippen LogP contribution in [0.4, 0.5) is 9.59 Å². The fourth-order valence-electron chi connectivity index (χ4n) is 8.35. The summed E-state index contributed by atoms with van der Waals surface area (Å²) in [6, 6.07) is 13.1. The molecule has 2 aromatic heterocycles. The first-order valence-corrected chi connectivity index (χ1v) is 19.6. The second-order valence-corrected chi connectivity index (χ2v) is 15.7. The average molecular weight is 768 g/mol. The molecule has 0 aliphatic carbocycles. The topological polar surface area (TPSA) is 186 Å². The van der Waals surface area contributed by atoms with Gasteiger partial charge in [0.15, 0.2) is 0 Å². The number of aliphatic hydroxyl groups excluding tert-OH is 1. The van der Waals surface area contributed by atoms with Gasteiger partial charge in [0.05, 0.1) is 54.9 Å². The predicted octanol–water partition coefficient (Wildman–Crippen LogP) is 4.70. The molecule has 3 aliphatic rings. The fourth-order valence-corrected chi connectivity index (χ4v) is 8.35. The zero-order valence-corrected chi connectivity index (χ0v) is 32.9. The first-order chi connectivity index (χ1) is 26.9. The number of H-pyrrole nitrogens is 1. The smallest absolute Gasteiger partial charge is 0.407 e. The van der Waals surface area contributed by atoms with Crippen LogP contribution in [0.5, 0.6) is 0 Å². The number of rotatable bonds is 11. The highest BCUT2D eigenvalue weighted by Crippen LogP contribution is 2.34. The van der Waals surface area contributed by atoms with Crippen molar-refractivity contribution in [3.8, 4) is 11.3 Å². The van der Waals surface area contributed by atoms with E-state index in [1.54, 1.807) is 0 Å². The summed E-state index contributed by atoms with van der Waals surface area (Å²) in [6.07, 6.45) is 3.00. The first kappa shape index (κ1) is 39.1. The van der Waals surface area contributed by atoms with Crippen LogP contribution in [-0.2, 0) is 14.3 Å². The summed E-state index contributed by atoms with van der Waals surface area (Å²) < 4.78 is 9.58. The number of hydrogen-bond acceptors (Lipinski definition) is 11. The molecule has 56 heavy (non-hydrogen) atoms. The van der Waals surface area contributed by atoms with Gasteiger partial charge in [0.25, 0.3) is 0 Å². The normalized spacial score (nSPS) is 21.8. The Bertz CT molecular complexity index is 2120. The summed E-state index contributed by atoms with van der Waals surface area (Å²) in [4.78, 5) is 59.8. The third-order valence-electron chi connectivity index (χ3n) is 11.4. The van der Waals surface area contributed by atoms with Crippen molar-refractivity contribution in [2.45, 2.75) is 89.9 Å². The van der Waals surface area contributed by atoms with Crippen LogP contribution in [0.1, 0.15) is 70.8 Å². The Balaban J connectivity index is 1.06. The standard InChI is InChI=1S/C41H53N9O6/c1-22(2)34(47-40(53)55-5)38(51)49-15-7-9-32(49)36-42-20-30(45-36)25-13-14-28-27(18-25)17-24-11-12-26(19-29(24)44-28)31-21-43-37(46-31)33-10-8-16-50(33)39(52)35(23(3)4)48-41(54)56-6/h11-14,17-20,22-23,32-35,37,39,43,52H,7-10,15-16,21H2,1-6H3,(H,42,45)(H,47,53)(H,48,54). The van der Waals surface area contributed by atoms with Crippen molar-refractivity contribution in [3.05, 3.63) is 60.0 Å². The lowest BCUT2D eigenvalue weighted by molar-refractivity contribution is -0.135. The molecule has 298 valence electrons. The second kappa shape index (κ2) is 16.5. The van der Waals surface area contributed by atoms with Gasteiger partial charge in [0.1, 0.15) is 24.3 Å². The molecule has 2 fully saturated rings. The van der Waals surface area contributed by atoms with Crippen molar-refractivity contribution in [1.82, 2.24) is 40.7 Å². The molecule has 15 heteroatoms. The summed E-state index contributed by atoms with van der Waals surface area (Å²) in [7, 11) is 2.62. The highest BCUT2D eigenvalue weighted by molar-refractivity contribution is 6.06. The summed E-state index contributed by atoms with van der Waals surface area (Å²) in [5.74, 6) is 0.466. The van der Waals surface area contributed by atoms with Crippen LogP contribution in [0.3, 0.4) is 0 Å². The van der Waals surface area contributed by atoms with Crippen LogP contribution in [-0.4, -0.2) is 118 Å². The minimum Gasteiger partial charge on any atom is -0.453 e. The van der Waals surface area contributed by atoms with Gasteiger partial charge >= 0.3 is 12.2 Å². The number of aliphatic hydroxyl groups is 1. The minimum absolute atomic E-state index is 0.00142. The maximum Gasteiger partial charge on any atom is 0.407 e. The van der Waals surface area contributed by atoms with Crippen molar-refractivity contribution < 1.29 is 29.0 Å². The largest absolute Gasteiger partial charge is 0.453 e. The van der Waals surface area contributed by atoms with E-state index in [2.05, 4.69) is 56.2 Å². The molecule has 7 rings (SSSR count). The lowest BCUT2D eigenvalue weighted by Crippen LogP contribution is -2.58. The van der Waals surface area contributed by atoms with Gasteiger partial charge in [-0.3, -0.25) is 20.0 Å². The molecular formula is C41H53N9O6. The average Bonchev–Trinajstić information content (AvgIpc) is 4.03. The predicted molar refractivity (Wildman–Crippen MR) is 213 cm³/mol. The van der Waals surface area contributed by atoms with Crippen LogP contribution in [0.15, 0.2) is 53.7 Å². The number of likely N-dealkylation sites (tertiary alicyclic amines) is 2. The number of ether oxygens (including phenoxy) is 2. The Kier molecular flexibility index (Phi) is 11.6. The number of pyridine rings is 1. The summed E-state index contributed by atoms with van der Waals surface area (Å²) in [5, 5.41) is 22.5. The van der Waals surface area contributed by atoms with Crippen LogP contribution in [0, 0.1) is 11.8 Å². The molecular weight excluding hydrogens is 715 g/mol. The molecule has 4 aromatic rings. The maximum absolute atomic E-state index is 13.6. The monoisotopic (exact) mass is 767 g/mol. The molecule has 3 amide bonds. The van der Waals surface area contributed by atoms with Gasteiger partial charge in [-0.25, -0.2) is 19.6 Å². The van der Waals surface area contributed by atoms with Gasteiger partial charge in [0.2, 0.25) is 5.91 Å². The van der Waals surface area contributed by atoms with Crippen molar-refractivity contribution in [1.29, 1.82) is 0 Å². The minimum atomic E-state index is -0.870. The van der Waals surface area contributed by atoms with E-state index < -0.39 is 30.5 Å². The van der Waals surface area contributed by atoms with Gasteiger partial charge in [0, 0.05) is 42.0 Å². The van der Waals surface area contributed by atoms with Crippen molar-refractivity contribution >= 4 is 45.6 Å². The number of aromatic amines is 1. The number of carbonyl (C=O) groups is 3. The van der Waals surface area contributed by atoms with E-state index in [9.17, 15) is 19.5 Å². The molecule has 0 bridgehead atoms. The number of aromatic nitrogens is 3. The number of imidazole rings is 1. The third kappa shape index (κ3) is 7.93. The zero-order valence-electron chi connectivity index (χ0n) is 32.9. The molecule has 5 N–H and O–H groups in total. The number of benzene rings is 2. The van der Waals surface area contributed by atoms with E-state index in [0.717, 1.165) is 75.8 Å². The number of hydrogen-bond donors (Lipinski definition) is 5. The van der Waals surface area contributed by atoms with Crippen LogP contribution in [0.25, 0.3) is 33.1 Å². The second-order valence-electron chi connectivity index (χ2n) is 15.7. The Morgan fingerprint density at radius 2 is 1.62 bits per heavy atom. The molecule has 0 spiro atoms. The first-order valence-electron chi connectivity index (χ1n) is 19.6. The molecule has 15 nitrogen and oxygen atoms in total. The quantitative estimate of drug-likeness (QED) is 0.134. The molecule has 0 radical (unpaired) electrons. The fraction of sp³-hybridized carbons (Fsp3) is 0.512. The molecule has 0 saturated carbocycles. The van der Waals surface area contributed by atoms with Crippen molar-refractivity contribution in [3.63, 3.8) is 0 Å². The van der Waals surface area contributed by atoms with E-state index in [4.69, 9.17) is 24.4 Å². The zero-order chi connectivity index (χ0) is 39.7. The van der Waals surface area contributed by atoms with Crippen LogP contribution < -0.4 is 16.0 Å². The molecule has 2 aromatic carbocycles. The highest BCUT2D eigenvalue weighted by atomic mass is 16.5. The number of alkyl carbamates (subject to hydrolysis) is 2. The lowest BCUT2D eigenvalue weighted by Gasteiger charge is -2.37. The summed E-state index contributed by atoms with van der Waals surface area (Å²) >= 11 is 0. The molecule has 6 unspecified atom stereocenters. The number of carbonyl (C=O) groups excluding carboxylic acids is 3. The molecule has 2 saturated heterocycles. The highest BCUT2D eigenvalue weighted by Gasteiger charge is 2.41. The lowest BCUT2D eigenvalue weighted by atomic mass is 10.0. The Morgan fingerprint density at radius 3 is 2.38 bits per heavy atom. The van der Waals surface area contributed by atoms with E-state index in [1.165, 1.54) is 14.2 Å². The number of aliphatic imine (C=N–C) groups is 1. The molecule has 3 aliphatic heterocycles. The van der Waals surface area contributed by atoms with E-state index in [1.807, 2.05) is 50.9 Å². The third-order valence-corrected chi connectivity index (χ3v) is 11.4. The van der Waals surface area contributed by atoms with E-state index in [-0.39, 0.29) is 36.0 Å². The SMILES string of the molecule is COC(=O)NC(C(=O)N1CCCC1c1ncc(-c2ccc3nc4cc(C5=NC(C6CCCN6C(O)C(NC(=O)OC)C(C)C)NC5)ccc4cc3c2)[nH]1)C(C)C. The van der Waals surface area contributed by atoms with Crippen molar-refractivity contribution in [2.24, 2.45) is 16.8 Å².